The zero-order chi connectivity index (χ0) is 8.91. The summed E-state index contributed by atoms with van der Waals surface area (Å²) in [5.41, 5.74) is 3.09. The first kappa shape index (κ1) is 11.4. The summed E-state index contributed by atoms with van der Waals surface area (Å²) in [5.74, 6) is 5.39. The smallest absolute Gasteiger partial charge is 0.0816 e. The van der Waals surface area contributed by atoms with Crippen molar-refractivity contribution in [3.63, 3.8) is 0 Å². The minimum absolute atomic E-state index is 0.231. The summed E-state index contributed by atoms with van der Waals surface area (Å²) in [4.78, 5) is 0.231. The van der Waals surface area contributed by atoms with Crippen LogP contribution in [0.15, 0.2) is 0 Å². The predicted molar refractivity (Wildman–Crippen MR) is 53.3 cm³/mol. The topological polar surface area (TPSA) is 38.0 Å². The van der Waals surface area contributed by atoms with E-state index >= 15 is 0 Å². The van der Waals surface area contributed by atoms with E-state index in [-0.39, 0.29) is 4.95 Å². The Hall–Kier alpha value is 0.400. The Kier molecular flexibility index (Phi) is 5.30. The van der Waals surface area contributed by atoms with E-state index in [2.05, 4.69) is 42.1 Å². The van der Waals surface area contributed by atoms with Gasteiger partial charge in [-0.05, 0) is 24.7 Å². The molecular formula is C8H19BrN2. The van der Waals surface area contributed by atoms with Gasteiger partial charge in [-0.2, -0.15) is 0 Å². The maximum atomic E-state index is 5.39. The third-order valence-electron chi connectivity index (χ3n) is 2.80. The van der Waals surface area contributed by atoms with E-state index in [0.29, 0.717) is 5.41 Å². The van der Waals surface area contributed by atoms with Crippen molar-refractivity contribution < 1.29 is 0 Å². The Labute approximate surface area is 78.0 Å². The van der Waals surface area contributed by atoms with Crippen molar-refractivity contribution >= 4 is 15.9 Å². The van der Waals surface area contributed by atoms with Crippen molar-refractivity contribution in [3.8, 4) is 0 Å². The highest BCUT2D eigenvalue weighted by molar-refractivity contribution is 9.09. The van der Waals surface area contributed by atoms with Gasteiger partial charge in [0, 0.05) is 0 Å². The molecular weight excluding hydrogens is 204 g/mol. The molecule has 0 aliphatic carbocycles. The van der Waals surface area contributed by atoms with E-state index < -0.39 is 0 Å². The van der Waals surface area contributed by atoms with Gasteiger partial charge in [-0.3, -0.25) is 5.84 Å². The molecule has 2 nitrogen and oxygen atoms in total. The molecule has 0 amide bonds. The molecule has 0 fully saturated rings. The first-order valence-corrected chi connectivity index (χ1v) is 5.18. The fourth-order valence-corrected chi connectivity index (χ4v) is 2.44. The third-order valence-corrected chi connectivity index (χ3v) is 4.03. The average Bonchev–Trinajstić information content (AvgIpc) is 2.08. The first-order chi connectivity index (χ1) is 5.16. The minimum atomic E-state index is 0.231. The van der Waals surface area contributed by atoms with Gasteiger partial charge < -0.3 is 0 Å². The lowest BCUT2D eigenvalue weighted by Crippen LogP contribution is -2.43. The van der Waals surface area contributed by atoms with Crippen molar-refractivity contribution in [2.24, 2.45) is 11.3 Å². The monoisotopic (exact) mass is 222 g/mol. The van der Waals surface area contributed by atoms with Gasteiger partial charge in [0.2, 0.25) is 0 Å². The van der Waals surface area contributed by atoms with Crippen LogP contribution in [0.5, 0.6) is 0 Å². The zero-order valence-corrected chi connectivity index (χ0v) is 9.24. The molecule has 11 heavy (non-hydrogen) atoms. The van der Waals surface area contributed by atoms with Gasteiger partial charge in [0.15, 0.2) is 0 Å². The van der Waals surface area contributed by atoms with Gasteiger partial charge in [-0.1, -0.05) is 36.7 Å². The second-order valence-electron chi connectivity index (χ2n) is 2.95. The van der Waals surface area contributed by atoms with Gasteiger partial charge in [-0.15, -0.1) is 0 Å². The molecule has 0 aliphatic rings. The lowest BCUT2D eigenvalue weighted by atomic mass is 9.80. The van der Waals surface area contributed by atoms with E-state index in [1.165, 1.54) is 0 Å². The van der Waals surface area contributed by atoms with E-state index in [4.69, 9.17) is 5.84 Å². The van der Waals surface area contributed by atoms with Crippen LogP contribution < -0.4 is 11.3 Å². The third kappa shape index (κ3) is 2.42. The molecule has 0 spiro atoms. The molecule has 3 heteroatoms. The van der Waals surface area contributed by atoms with Crippen LogP contribution in [-0.2, 0) is 0 Å². The van der Waals surface area contributed by atoms with Crippen LogP contribution in [0.3, 0.4) is 0 Å². The molecule has 68 valence electrons. The Balaban J connectivity index is 4.26. The van der Waals surface area contributed by atoms with Crippen molar-refractivity contribution in [2.75, 3.05) is 0 Å². The number of hydrogen-bond acceptors (Lipinski definition) is 2. The summed E-state index contributed by atoms with van der Waals surface area (Å²) in [6.45, 7) is 6.62. The van der Waals surface area contributed by atoms with Crippen LogP contribution in [0.4, 0.5) is 0 Å². The van der Waals surface area contributed by atoms with E-state index in [1.54, 1.807) is 0 Å². The van der Waals surface area contributed by atoms with E-state index in [0.717, 1.165) is 19.3 Å². The van der Waals surface area contributed by atoms with Crippen molar-refractivity contribution in [1.29, 1.82) is 0 Å². The van der Waals surface area contributed by atoms with Crippen LogP contribution in [-0.4, -0.2) is 4.95 Å². The first-order valence-electron chi connectivity index (χ1n) is 4.27. The van der Waals surface area contributed by atoms with E-state index in [9.17, 15) is 0 Å². The lowest BCUT2D eigenvalue weighted by Gasteiger charge is -2.35. The predicted octanol–water partition coefficient (Wildman–Crippen LogP) is 2.39. The van der Waals surface area contributed by atoms with Crippen LogP contribution >= 0.6 is 15.9 Å². The lowest BCUT2D eigenvalue weighted by molar-refractivity contribution is 0.222. The Morgan fingerprint density at radius 3 is 1.73 bits per heavy atom. The van der Waals surface area contributed by atoms with Crippen LogP contribution in [0.1, 0.15) is 40.0 Å². The second-order valence-corrected chi connectivity index (χ2v) is 3.87. The van der Waals surface area contributed by atoms with Crippen LogP contribution in [0.2, 0.25) is 0 Å². The molecule has 0 heterocycles. The molecule has 0 rings (SSSR count). The zero-order valence-electron chi connectivity index (χ0n) is 7.65. The largest absolute Gasteiger partial charge is 0.270 e. The van der Waals surface area contributed by atoms with Gasteiger partial charge in [0.1, 0.15) is 0 Å². The molecule has 1 atom stereocenters. The second kappa shape index (κ2) is 5.12. The molecule has 1 unspecified atom stereocenters. The van der Waals surface area contributed by atoms with Gasteiger partial charge in [0.05, 0.1) is 4.95 Å². The summed E-state index contributed by atoms with van der Waals surface area (Å²) in [6, 6.07) is 0. The van der Waals surface area contributed by atoms with Crippen LogP contribution in [0, 0.1) is 5.41 Å². The molecule has 0 saturated heterocycles. The van der Waals surface area contributed by atoms with Crippen molar-refractivity contribution in [2.45, 2.75) is 45.0 Å². The molecule has 0 bridgehead atoms. The van der Waals surface area contributed by atoms with Crippen molar-refractivity contribution in [1.82, 2.24) is 5.43 Å². The molecule has 3 N–H and O–H groups in total. The molecule has 0 aromatic carbocycles. The highest BCUT2D eigenvalue weighted by Crippen LogP contribution is 2.36. The van der Waals surface area contributed by atoms with E-state index in [1.807, 2.05) is 0 Å². The van der Waals surface area contributed by atoms with Crippen molar-refractivity contribution in [3.05, 3.63) is 0 Å². The number of halogens is 1. The molecule has 0 aromatic heterocycles. The van der Waals surface area contributed by atoms with Gasteiger partial charge in [-0.25, -0.2) is 5.43 Å². The van der Waals surface area contributed by atoms with Crippen LogP contribution in [0.25, 0.3) is 0 Å². The highest BCUT2D eigenvalue weighted by Gasteiger charge is 2.31. The number of hydrogen-bond donors (Lipinski definition) is 2. The summed E-state index contributed by atoms with van der Waals surface area (Å²) in [7, 11) is 0. The summed E-state index contributed by atoms with van der Waals surface area (Å²) in [6.07, 6.45) is 3.46. The molecule has 0 aromatic rings. The number of nitrogens with one attached hydrogen (secondary N) is 1. The number of nitrogens with two attached hydrogens (primary N) is 1. The Morgan fingerprint density at radius 1 is 1.27 bits per heavy atom. The normalized spacial score (nSPS) is 15.0. The summed E-state index contributed by atoms with van der Waals surface area (Å²) in [5, 5.41) is 0. The molecule has 0 aliphatic heterocycles. The fourth-order valence-electron chi connectivity index (χ4n) is 1.46. The SMILES string of the molecule is CCC(CC)(CC)C(Br)NN. The number of rotatable bonds is 5. The number of alkyl halides is 1. The highest BCUT2D eigenvalue weighted by atomic mass is 79.9. The Morgan fingerprint density at radius 2 is 1.64 bits per heavy atom. The standard InChI is InChI=1S/C8H19BrN2/c1-4-8(5-2,6-3)7(9)11-10/h7,11H,4-6,10H2,1-3H3. The Bertz CT molecular complexity index is 94.0. The number of hydrazine groups is 1. The summed E-state index contributed by atoms with van der Waals surface area (Å²) >= 11 is 3.54. The van der Waals surface area contributed by atoms with Gasteiger partial charge in [0.25, 0.3) is 0 Å². The molecule has 0 saturated carbocycles. The maximum Gasteiger partial charge on any atom is 0.0816 e. The van der Waals surface area contributed by atoms with Gasteiger partial charge >= 0.3 is 0 Å². The molecule has 0 radical (unpaired) electrons. The fraction of sp³-hybridized carbons (Fsp3) is 1.00. The summed E-state index contributed by atoms with van der Waals surface area (Å²) < 4.78 is 0. The quantitative estimate of drug-likeness (QED) is 0.325. The maximum absolute atomic E-state index is 5.39. The minimum Gasteiger partial charge on any atom is -0.270 e. The average molecular weight is 223 g/mol.